The summed E-state index contributed by atoms with van der Waals surface area (Å²) in [6, 6.07) is 0. The first-order valence-corrected chi connectivity index (χ1v) is 6.02. The molecule has 90 valence electrons. The summed E-state index contributed by atoms with van der Waals surface area (Å²) in [5, 5.41) is 7.12. The van der Waals surface area contributed by atoms with E-state index in [0.717, 1.165) is 37.7 Å². The Labute approximate surface area is 99.0 Å². The number of hydrogen-bond donors (Lipinski definition) is 3. The molecule has 0 saturated carbocycles. The van der Waals surface area contributed by atoms with Crippen molar-refractivity contribution in [2.45, 2.75) is 25.0 Å². The van der Waals surface area contributed by atoms with Crippen molar-refractivity contribution in [2.24, 2.45) is 16.5 Å². The topological polar surface area (TPSA) is 109 Å². The normalized spacial score (nSPS) is 16.9. The van der Waals surface area contributed by atoms with Gasteiger partial charge in [-0.3, -0.25) is 10.2 Å². The SMILES string of the molecule is CC(SC(=N)N=C(N)N)C(=O)N1CCCC1. The average molecular weight is 243 g/mol. The van der Waals surface area contributed by atoms with Crippen molar-refractivity contribution in [1.82, 2.24) is 4.90 Å². The van der Waals surface area contributed by atoms with E-state index in [-0.39, 0.29) is 22.3 Å². The number of guanidine groups is 1. The molecule has 0 bridgehead atoms. The largest absolute Gasteiger partial charge is 0.370 e. The molecule has 0 radical (unpaired) electrons. The molecule has 1 aliphatic heterocycles. The summed E-state index contributed by atoms with van der Waals surface area (Å²) in [6.45, 7) is 3.40. The highest BCUT2D eigenvalue weighted by atomic mass is 32.2. The Balaban J connectivity index is 2.45. The summed E-state index contributed by atoms with van der Waals surface area (Å²) in [6.07, 6.45) is 2.13. The van der Waals surface area contributed by atoms with Gasteiger partial charge in [0.05, 0.1) is 5.25 Å². The van der Waals surface area contributed by atoms with Gasteiger partial charge in [0.2, 0.25) is 5.91 Å². The number of nitrogens with one attached hydrogen (secondary N) is 1. The van der Waals surface area contributed by atoms with Crippen molar-refractivity contribution in [3.05, 3.63) is 0 Å². The van der Waals surface area contributed by atoms with Crippen LogP contribution in [-0.2, 0) is 4.79 Å². The molecule has 1 amide bonds. The highest BCUT2D eigenvalue weighted by molar-refractivity contribution is 8.14. The number of carbonyl (C=O) groups excluding carboxylic acids is 1. The monoisotopic (exact) mass is 243 g/mol. The van der Waals surface area contributed by atoms with Crippen LogP contribution in [0.3, 0.4) is 0 Å². The Bertz CT molecular complexity index is 307. The lowest BCUT2D eigenvalue weighted by atomic mass is 10.4. The van der Waals surface area contributed by atoms with E-state index in [9.17, 15) is 4.79 Å². The van der Waals surface area contributed by atoms with Crippen LogP contribution < -0.4 is 11.5 Å². The van der Waals surface area contributed by atoms with Crippen LogP contribution in [0.15, 0.2) is 4.99 Å². The maximum absolute atomic E-state index is 11.9. The van der Waals surface area contributed by atoms with Crippen molar-refractivity contribution < 1.29 is 4.79 Å². The number of rotatable bonds is 2. The van der Waals surface area contributed by atoms with E-state index in [4.69, 9.17) is 16.9 Å². The lowest BCUT2D eigenvalue weighted by Crippen LogP contribution is -2.34. The quantitative estimate of drug-likeness (QED) is 0.466. The van der Waals surface area contributed by atoms with Gasteiger partial charge >= 0.3 is 0 Å². The first kappa shape index (κ1) is 12.8. The molecule has 1 rings (SSSR count). The van der Waals surface area contributed by atoms with Gasteiger partial charge in [-0.2, -0.15) is 4.99 Å². The fraction of sp³-hybridized carbons (Fsp3) is 0.667. The van der Waals surface area contributed by atoms with Gasteiger partial charge in [-0.05, 0) is 19.8 Å². The van der Waals surface area contributed by atoms with E-state index in [1.807, 2.05) is 4.90 Å². The average Bonchev–Trinajstić information content (AvgIpc) is 2.67. The second-order valence-electron chi connectivity index (χ2n) is 3.63. The van der Waals surface area contributed by atoms with Crippen molar-refractivity contribution in [3.8, 4) is 0 Å². The number of thioether (sulfide) groups is 1. The molecule has 0 aromatic rings. The van der Waals surface area contributed by atoms with E-state index in [0.29, 0.717) is 0 Å². The molecule has 0 aromatic carbocycles. The summed E-state index contributed by atoms with van der Waals surface area (Å²) in [4.78, 5) is 17.3. The molecule has 6 nitrogen and oxygen atoms in total. The minimum Gasteiger partial charge on any atom is -0.370 e. The molecule has 5 N–H and O–H groups in total. The van der Waals surface area contributed by atoms with Crippen LogP contribution in [0, 0.1) is 5.41 Å². The van der Waals surface area contributed by atoms with Crippen LogP contribution in [-0.4, -0.2) is 40.3 Å². The molecule has 1 saturated heterocycles. The molecule has 1 unspecified atom stereocenters. The van der Waals surface area contributed by atoms with E-state index in [1.165, 1.54) is 0 Å². The van der Waals surface area contributed by atoms with Crippen LogP contribution in [0.2, 0.25) is 0 Å². The number of amides is 1. The first-order valence-electron chi connectivity index (χ1n) is 5.14. The number of amidine groups is 1. The minimum atomic E-state index is -0.311. The second-order valence-corrected chi connectivity index (χ2v) is 4.96. The molecule has 7 heteroatoms. The van der Waals surface area contributed by atoms with Crippen LogP contribution >= 0.6 is 11.8 Å². The Hall–Kier alpha value is -1.24. The summed E-state index contributed by atoms with van der Waals surface area (Å²) in [5.74, 6) is -0.101. The molecule has 1 fully saturated rings. The minimum absolute atomic E-state index is 0.0277. The zero-order chi connectivity index (χ0) is 12.1. The van der Waals surface area contributed by atoms with Crippen LogP contribution in [0.25, 0.3) is 0 Å². The lowest BCUT2D eigenvalue weighted by molar-refractivity contribution is -0.129. The van der Waals surface area contributed by atoms with Crippen LogP contribution in [0.5, 0.6) is 0 Å². The zero-order valence-corrected chi connectivity index (χ0v) is 10.1. The van der Waals surface area contributed by atoms with Crippen molar-refractivity contribution in [1.29, 1.82) is 5.41 Å². The van der Waals surface area contributed by atoms with Gasteiger partial charge in [-0.1, -0.05) is 11.8 Å². The molecule has 16 heavy (non-hydrogen) atoms. The van der Waals surface area contributed by atoms with Gasteiger partial charge in [0, 0.05) is 13.1 Å². The van der Waals surface area contributed by atoms with E-state index < -0.39 is 0 Å². The lowest BCUT2D eigenvalue weighted by Gasteiger charge is -2.19. The highest BCUT2D eigenvalue weighted by Crippen LogP contribution is 2.18. The van der Waals surface area contributed by atoms with Gasteiger partial charge in [-0.15, -0.1) is 0 Å². The van der Waals surface area contributed by atoms with E-state index in [1.54, 1.807) is 6.92 Å². The number of aliphatic imine (C=N–C) groups is 1. The number of carbonyl (C=O) groups is 1. The Morgan fingerprint density at radius 3 is 2.50 bits per heavy atom. The molecular formula is C9H17N5OS. The van der Waals surface area contributed by atoms with Crippen molar-refractivity contribution in [3.63, 3.8) is 0 Å². The number of nitrogens with zero attached hydrogens (tertiary/aromatic N) is 2. The van der Waals surface area contributed by atoms with Crippen LogP contribution in [0.4, 0.5) is 0 Å². The Morgan fingerprint density at radius 2 is 2.00 bits per heavy atom. The molecule has 1 atom stereocenters. The van der Waals surface area contributed by atoms with Crippen LogP contribution in [0.1, 0.15) is 19.8 Å². The van der Waals surface area contributed by atoms with Gasteiger partial charge in [-0.25, -0.2) is 0 Å². The summed E-state index contributed by atoms with van der Waals surface area (Å²) >= 11 is 1.07. The van der Waals surface area contributed by atoms with Gasteiger partial charge in [0.15, 0.2) is 11.1 Å². The third-order valence-electron chi connectivity index (χ3n) is 2.28. The summed E-state index contributed by atoms with van der Waals surface area (Å²) < 4.78 is 0. The van der Waals surface area contributed by atoms with Gasteiger partial charge in [0.25, 0.3) is 0 Å². The Morgan fingerprint density at radius 1 is 1.44 bits per heavy atom. The molecule has 1 aliphatic rings. The van der Waals surface area contributed by atoms with E-state index in [2.05, 4.69) is 4.99 Å². The zero-order valence-electron chi connectivity index (χ0n) is 9.27. The predicted molar refractivity (Wildman–Crippen MR) is 66.4 cm³/mol. The maximum Gasteiger partial charge on any atom is 0.235 e. The van der Waals surface area contributed by atoms with E-state index >= 15 is 0 Å². The third kappa shape index (κ3) is 3.73. The molecular weight excluding hydrogens is 226 g/mol. The highest BCUT2D eigenvalue weighted by Gasteiger charge is 2.24. The smallest absolute Gasteiger partial charge is 0.235 e. The van der Waals surface area contributed by atoms with Crippen molar-refractivity contribution >= 4 is 28.8 Å². The fourth-order valence-corrected chi connectivity index (χ4v) is 2.30. The second kappa shape index (κ2) is 5.74. The van der Waals surface area contributed by atoms with Gasteiger partial charge < -0.3 is 16.4 Å². The Kier molecular flexibility index (Phi) is 4.60. The number of hydrogen-bond acceptors (Lipinski definition) is 3. The number of nitrogens with two attached hydrogens (primary N) is 2. The van der Waals surface area contributed by atoms with Crippen molar-refractivity contribution in [2.75, 3.05) is 13.1 Å². The third-order valence-corrected chi connectivity index (χ3v) is 3.15. The first-order chi connectivity index (χ1) is 7.50. The fourth-order valence-electron chi connectivity index (χ4n) is 1.56. The molecule has 0 aromatic heterocycles. The number of likely N-dealkylation sites (tertiary alicyclic amines) is 1. The summed E-state index contributed by atoms with van der Waals surface area (Å²) in [5.41, 5.74) is 10.3. The standard InChI is InChI=1S/C9H17N5OS/c1-6(16-9(12)13-8(10)11)7(15)14-4-2-3-5-14/h6H,2-5H2,1H3,(H5,10,11,12,13). The maximum atomic E-state index is 11.9. The molecule has 1 heterocycles. The van der Waals surface area contributed by atoms with Gasteiger partial charge in [0.1, 0.15) is 0 Å². The molecule has 0 aliphatic carbocycles. The molecule has 0 spiro atoms. The predicted octanol–water partition coefficient (Wildman–Crippen LogP) is -0.0613. The summed E-state index contributed by atoms with van der Waals surface area (Å²) in [7, 11) is 0.